The average molecular weight is 425 g/mol. The van der Waals surface area contributed by atoms with E-state index in [4.69, 9.17) is 11.6 Å². The van der Waals surface area contributed by atoms with Crippen LogP contribution in [0.25, 0.3) is 0 Å². The van der Waals surface area contributed by atoms with Crippen LogP contribution in [0.2, 0.25) is 5.02 Å². The molecule has 1 saturated carbocycles. The zero-order valence-corrected chi connectivity index (χ0v) is 16.2. The van der Waals surface area contributed by atoms with Crippen molar-refractivity contribution in [2.24, 2.45) is 5.92 Å². The number of halogens is 4. The summed E-state index contributed by atoms with van der Waals surface area (Å²) in [6.45, 7) is 0. The van der Waals surface area contributed by atoms with E-state index in [-0.39, 0.29) is 28.8 Å². The number of alkyl halides is 3. The Hall–Kier alpha value is -2.54. The van der Waals surface area contributed by atoms with Crippen molar-refractivity contribution < 1.29 is 22.8 Å². The van der Waals surface area contributed by atoms with Crippen LogP contribution in [-0.2, 0) is 11.0 Å². The van der Waals surface area contributed by atoms with E-state index in [2.05, 4.69) is 10.6 Å². The fraction of sp³-hybridized carbons (Fsp3) is 0.333. The topological polar surface area (TPSA) is 58.2 Å². The zero-order chi connectivity index (χ0) is 21.0. The SMILES string of the molecule is O=C(Nc1cc(NC(=O)C2CCCCC2)cc(C(F)(F)F)c1)c1ccc(Cl)cc1. The average Bonchev–Trinajstić information content (AvgIpc) is 2.68. The van der Waals surface area contributed by atoms with E-state index in [1.54, 1.807) is 0 Å². The number of hydrogen-bond acceptors (Lipinski definition) is 2. The highest BCUT2D eigenvalue weighted by atomic mass is 35.5. The number of carbonyl (C=O) groups is 2. The predicted octanol–water partition coefficient (Wildman–Crippen LogP) is 6.13. The molecule has 0 saturated heterocycles. The van der Waals surface area contributed by atoms with E-state index in [9.17, 15) is 22.8 Å². The molecule has 1 aliphatic carbocycles. The molecule has 0 unspecified atom stereocenters. The molecule has 29 heavy (non-hydrogen) atoms. The summed E-state index contributed by atoms with van der Waals surface area (Å²) in [5.41, 5.74) is -0.759. The third kappa shape index (κ3) is 5.73. The van der Waals surface area contributed by atoms with Gasteiger partial charge in [-0.1, -0.05) is 30.9 Å². The highest BCUT2D eigenvalue weighted by Crippen LogP contribution is 2.34. The normalized spacial score (nSPS) is 15.0. The lowest BCUT2D eigenvalue weighted by Gasteiger charge is -2.21. The van der Waals surface area contributed by atoms with Crippen LogP contribution >= 0.6 is 11.6 Å². The van der Waals surface area contributed by atoms with Gasteiger partial charge in [0.2, 0.25) is 5.91 Å². The number of rotatable bonds is 4. The second-order valence-corrected chi connectivity index (χ2v) is 7.52. The third-order valence-corrected chi connectivity index (χ3v) is 5.12. The number of nitrogens with one attached hydrogen (secondary N) is 2. The van der Waals surface area contributed by atoms with Crippen molar-refractivity contribution >= 4 is 34.8 Å². The summed E-state index contributed by atoms with van der Waals surface area (Å²) in [7, 11) is 0. The molecule has 154 valence electrons. The second kappa shape index (κ2) is 8.86. The van der Waals surface area contributed by atoms with Crippen LogP contribution in [0.1, 0.15) is 48.0 Å². The lowest BCUT2D eigenvalue weighted by Crippen LogP contribution is -2.25. The Morgan fingerprint density at radius 2 is 1.48 bits per heavy atom. The van der Waals surface area contributed by atoms with Gasteiger partial charge in [0.25, 0.3) is 5.91 Å². The molecule has 1 aliphatic rings. The quantitative estimate of drug-likeness (QED) is 0.620. The molecule has 3 rings (SSSR count). The molecule has 2 amide bonds. The molecule has 8 heteroatoms. The highest BCUT2D eigenvalue weighted by Gasteiger charge is 2.32. The largest absolute Gasteiger partial charge is 0.416 e. The summed E-state index contributed by atoms with van der Waals surface area (Å²) in [5.74, 6) is -1.07. The van der Waals surface area contributed by atoms with E-state index < -0.39 is 17.6 Å². The fourth-order valence-electron chi connectivity index (χ4n) is 3.35. The smallest absolute Gasteiger partial charge is 0.326 e. The van der Waals surface area contributed by atoms with Crippen LogP contribution in [0.5, 0.6) is 0 Å². The molecule has 0 aliphatic heterocycles. The molecule has 0 bridgehead atoms. The van der Waals surface area contributed by atoms with E-state index >= 15 is 0 Å². The maximum Gasteiger partial charge on any atom is 0.416 e. The van der Waals surface area contributed by atoms with Gasteiger partial charge in [-0.05, 0) is 55.3 Å². The number of anilines is 2. The van der Waals surface area contributed by atoms with Crippen molar-refractivity contribution in [1.29, 1.82) is 0 Å². The Balaban J connectivity index is 1.82. The van der Waals surface area contributed by atoms with Gasteiger partial charge < -0.3 is 10.6 Å². The molecule has 2 aromatic rings. The van der Waals surface area contributed by atoms with Gasteiger partial charge in [-0.25, -0.2) is 0 Å². The van der Waals surface area contributed by atoms with Crippen molar-refractivity contribution in [1.82, 2.24) is 0 Å². The zero-order valence-electron chi connectivity index (χ0n) is 15.5. The lowest BCUT2D eigenvalue weighted by atomic mass is 9.88. The fourth-order valence-corrected chi connectivity index (χ4v) is 3.48. The van der Waals surface area contributed by atoms with Gasteiger partial charge in [0.05, 0.1) is 5.56 Å². The molecule has 0 heterocycles. The molecular weight excluding hydrogens is 405 g/mol. The molecular formula is C21H20ClF3N2O2. The van der Waals surface area contributed by atoms with E-state index in [0.717, 1.165) is 44.2 Å². The van der Waals surface area contributed by atoms with Crippen LogP contribution in [0.15, 0.2) is 42.5 Å². The van der Waals surface area contributed by atoms with Gasteiger partial charge in [0.1, 0.15) is 0 Å². The molecule has 2 N–H and O–H groups in total. The minimum absolute atomic E-state index is 0.00167. The number of amides is 2. The van der Waals surface area contributed by atoms with Crippen molar-refractivity contribution in [3.8, 4) is 0 Å². The summed E-state index contributed by atoms with van der Waals surface area (Å²) < 4.78 is 39.9. The Morgan fingerprint density at radius 3 is 2.07 bits per heavy atom. The molecule has 0 aromatic heterocycles. The van der Waals surface area contributed by atoms with E-state index in [1.165, 1.54) is 30.3 Å². The maximum atomic E-state index is 13.3. The first-order chi connectivity index (χ1) is 13.7. The minimum atomic E-state index is -4.62. The first-order valence-corrected chi connectivity index (χ1v) is 9.70. The summed E-state index contributed by atoms with van der Waals surface area (Å²) in [5, 5.41) is 5.47. The van der Waals surface area contributed by atoms with Crippen LogP contribution in [0.4, 0.5) is 24.5 Å². The van der Waals surface area contributed by atoms with Gasteiger partial charge in [0.15, 0.2) is 0 Å². The van der Waals surface area contributed by atoms with Gasteiger partial charge in [-0.3, -0.25) is 9.59 Å². The Bertz CT molecular complexity index is 892. The van der Waals surface area contributed by atoms with Gasteiger partial charge in [-0.2, -0.15) is 13.2 Å². The maximum absolute atomic E-state index is 13.3. The van der Waals surface area contributed by atoms with Crippen molar-refractivity contribution in [3.05, 3.63) is 58.6 Å². The van der Waals surface area contributed by atoms with Crippen LogP contribution in [-0.4, -0.2) is 11.8 Å². The number of hydrogen-bond donors (Lipinski definition) is 2. The van der Waals surface area contributed by atoms with Crippen molar-refractivity contribution in [3.63, 3.8) is 0 Å². The monoisotopic (exact) mass is 424 g/mol. The molecule has 1 fully saturated rings. The van der Waals surface area contributed by atoms with Crippen LogP contribution in [0.3, 0.4) is 0 Å². The standard InChI is InChI=1S/C21H20ClF3N2O2/c22-16-8-6-14(7-9-16)20(29)27-18-11-15(21(23,24)25)10-17(12-18)26-19(28)13-4-2-1-3-5-13/h6-13H,1-5H2,(H,26,28)(H,27,29). The lowest BCUT2D eigenvalue weighted by molar-refractivity contribution is -0.137. The highest BCUT2D eigenvalue weighted by molar-refractivity contribution is 6.30. The Labute approximate surface area is 171 Å². The Morgan fingerprint density at radius 1 is 0.897 bits per heavy atom. The predicted molar refractivity (Wildman–Crippen MR) is 106 cm³/mol. The Kier molecular flexibility index (Phi) is 6.47. The minimum Gasteiger partial charge on any atom is -0.326 e. The van der Waals surface area contributed by atoms with Gasteiger partial charge >= 0.3 is 6.18 Å². The molecule has 0 radical (unpaired) electrons. The second-order valence-electron chi connectivity index (χ2n) is 7.08. The van der Waals surface area contributed by atoms with Crippen molar-refractivity contribution in [2.45, 2.75) is 38.3 Å². The van der Waals surface area contributed by atoms with E-state index in [0.29, 0.717) is 5.02 Å². The molecule has 0 atom stereocenters. The first-order valence-electron chi connectivity index (χ1n) is 9.32. The van der Waals surface area contributed by atoms with Gasteiger partial charge in [0, 0.05) is 27.9 Å². The van der Waals surface area contributed by atoms with Crippen LogP contribution < -0.4 is 10.6 Å². The first kappa shape index (κ1) is 21.2. The number of benzene rings is 2. The summed E-state index contributed by atoms with van der Waals surface area (Å²) >= 11 is 5.78. The molecule has 4 nitrogen and oxygen atoms in total. The number of carbonyl (C=O) groups excluding carboxylic acids is 2. The summed E-state index contributed by atoms with van der Waals surface area (Å²) in [6, 6.07) is 9.00. The molecule has 0 spiro atoms. The van der Waals surface area contributed by atoms with E-state index in [1.807, 2.05) is 0 Å². The molecule has 2 aromatic carbocycles. The van der Waals surface area contributed by atoms with Crippen molar-refractivity contribution in [2.75, 3.05) is 10.6 Å². The van der Waals surface area contributed by atoms with Gasteiger partial charge in [-0.15, -0.1) is 0 Å². The summed E-state index contributed by atoms with van der Waals surface area (Å²) in [6.07, 6.45) is -0.235. The summed E-state index contributed by atoms with van der Waals surface area (Å²) in [4.78, 5) is 24.8. The third-order valence-electron chi connectivity index (χ3n) is 4.87. The van der Waals surface area contributed by atoms with Crippen LogP contribution in [0, 0.1) is 5.92 Å².